The smallest absolute Gasteiger partial charge is 0.119 e. The molecule has 1 saturated carbocycles. The highest BCUT2D eigenvalue weighted by Gasteiger charge is 2.29. The Hall–Kier alpha value is -1.02. The summed E-state index contributed by atoms with van der Waals surface area (Å²) < 4.78 is 5.58. The van der Waals surface area contributed by atoms with Gasteiger partial charge in [0.1, 0.15) is 5.75 Å². The van der Waals surface area contributed by atoms with Crippen LogP contribution in [0.2, 0.25) is 0 Å². The minimum absolute atomic E-state index is 0.220. The first-order valence-corrected chi connectivity index (χ1v) is 5.69. The van der Waals surface area contributed by atoms with Crippen molar-refractivity contribution in [1.82, 2.24) is 0 Å². The molecule has 0 spiro atoms. The minimum atomic E-state index is 0.220. The molecule has 1 atom stereocenters. The van der Waals surface area contributed by atoms with Crippen molar-refractivity contribution < 1.29 is 4.74 Å². The molecule has 1 aromatic rings. The lowest BCUT2D eigenvalue weighted by Gasteiger charge is -2.13. The largest absolute Gasteiger partial charge is 0.491 e. The van der Waals surface area contributed by atoms with Crippen LogP contribution in [0.1, 0.15) is 38.3 Å². The van der Waals surface area contributed by atoms with Crippen LogP contribution in [0, 0.1) is 5.92 Å². The van der Waals surface area contributed by atoms with Crippen molar-refractivity contribution in [2.24, 2.45) is 11.7 Å². The maximum atomic E-state index is 6.11. The predicted molar refractivity (Wildman–Crippen MR) is 61.9 cm³/mol. The number of ether oxygens (including phenoxy) is 1. The summed E-state index contributed by atoms with van der Waals surface area (Å²) in [5.74, 6) is 1.64. The van der Waals surface area contributed by atoms with Crippen molar-refractivity contribution in [3.8, 4) is 5.75 Å². The second-order valence-corrected chi connectivity index (χ2v) is 4.60. The molecule has 1 aliphatic rings. The fraction of sp³-hybridized carbons (Fsp3) is 0.538. The summed E-state index contributed by atoms with van der Waals surface area (Å²) in [6, 6.07) is 8.41. The number of hydrogen-bond acceptors (Lipinski definition) is 2. The van der Waals surface area contributed by atoms with Crippen LogP contribution in [0.25, 0.3) is 0 Å². The Labute approximate surface area is 91.4 Å². The van der Waals surface area contributed by atoms with Crippen molar-refractivity contribution in [3.05, 3.63) is 29.8 Å². The maximum Gasteiger partial charge on any atom is 0.119 e. The van der Waals surface area contributed by atoms with Gasteiger partial charge in [-0.15, -0.1) is 0 Å². The molecule has 82 valence electrons. The molecule has 0 unspecified atom stereocenters. The molecule has 0 radical (unpaired) electrons. The Morgan fingerprint density at radius 2 is 1.80 bits per heavy atom. The van der Waals surface area contributed by atoms with E-state index >= 15 is 0 Å². The summed E-state index contributed by atoms with van der Waals surface area (Å²) in [6.45, 7) is 4.06. The summed E-state index contributed by atoms with van der Waals surface area (Å²) in [5, 5.41) is 0. The first kappa shape index (κ1) is 10.5. The summed E-state index contributed by atoms with van der Waals surface area (Å²) in [6.07, 6.45) is 2.80. The highest BCUT2D eigenvalue weighted by atomic mass is 16.5. The van der Waals surface area contributed by atoms with Crippen LogP contribution >= 0.6 is 0 Å². The molecule has 0 bridgehead atoms. The van der Waals surface area contributed by atoms with Crippen LogP contribution < -0.4 is 10.5 Å². The van der Waals surface area contributed by atoms with Gasteiger partial charge in [0.15, 0.2) is 0 Å². The van der Waals surface area contributed by atoms with Crippen molar-refractivity contribution >= 4 is 0 Å². The zero-order valence-corrected chi connectivity index (χ0v) is 9.44. The molecule has 1 aromatic carbocycles. The van der Waals surface area contributed by atoms with E-state index in [2.05, 4.69) is 12.1 Å². The van der Waals surface area contributed by atoms with Crippen molar-refractivity contribution in [2.75, 3.05) is 0 Å². The highest BCUT2D eigenvalue weighted by molar-refractivity contribution is 5.30. The van der Waals surface area contributed by atoms with Crippen LogP contribution in [0.5, 0.6) is 5.75 Å². The predicted octanol–water partition coefficient (Wildman–Crippen LogP) is 2.88. The molecule has 2 nitrogen and oxygen atoms in total. The van der Waals surface area contributed by atoms with Gasteiger partial charge < -0.3 is 10.5 Å². The Kier molecular flexibility index (Phi) is 2.96. The zero-order valence-electron chi connectivity index (χ0n) is 9.44. The first-order chi connectivity index (χ1) is 7.16. The summed E-state index contributed by atoms with van der Waals surface area (Å²) in [4.78, 5) is 0. The standard InChI is InChI=1S/C13H19NO/c1-9(2)15-12-7-5-11(6-8-12)13(14)10-3-4-10/h5-10,13H,3-4,14H2,1-2H3/t13-/m1/s1. The van der Waals surface area contributed by atoms with E-state index in [0.717, 1.165) is 5.75 Å². The fourth-order valence-corrected chi connectivity index (χ4v) is 1.77. The molecule has 0 amide bonds. The van der Waals surface area contributed by atoms with Gasteiger partial charge in [-0.2, -0.15) is 0 Å². The van der Waals surface area contributed by atoms with E-state index in [9.17, 15) is 0 Å². The molecule has 2 rings (SSSR count). The molecule has 0 aromatic heterocycles. The average molecular weight is 205 g/mol. The summed E-state index contributed by atoms with van der Waals surface area (Å²) in [5.41, 5.74) is 7.34. The zero-order chi connectivity index (χ0) is 10.8. The van der Waals surface area contributed by atoms with Crippen LogP contribution in [0.4, 0.5) is 0 Å². The summed E-state index contributed by atoms with van der Waals surface area (Å²) in [7, 11) is 0. The van der Waals surface area contributed by atoms with Gasteiger partial charge in [0, 0.05) is 6.04 Å². The van der Waals surface area contributed by atoms with Crippen molar-refractivity contribution in [3.63, 3.8) is 0 Å². The SMILES string of the molecule is CC(C)Oc1ccc([C@H](N)C2CC2)cc1. The van der Waals surface area contributed by atoms with Gasteiger partial charge in [0.05, 0.1) is 6.10 Å². The molecular formula is C13H19NO. The van der Waals surface area contributed by atoms with Crippen LogP contribution in [-0.4, -0.2) is 6.10 Å². The van der Waals surface area contributed by atoms with E-state index in [-0.39, 0.29) is 12.1 Å². The number of rotatable bonds is 4. The first-order valence-electron chi connectivity index (χ1n) is 5.69. The quantitative estimate of drug-likeness (QED) is 0.820. The minimum Gasteiger partial charge on any atom is -0.491 e. The third kappa shape index (κ3) is 2.72. The van der Waals surface area contributed by atoms with Crippen LogP contribution in [0.3, 0.4) is 0 Å². The number of benzene rings is 1. The Morgan fingerprint density at radius 1 is 1.20 bits per heavy atom. The normalized spacial score (nSPS) is 17.9. The van der Waals surface area contributed by atoms with Gasteiger partial charge in [0.25, 0.3) is 0 Å². The van der Waals surface area contributed by atoms with Gasteiger partial charge in [-0.1, -0.05) is 12.1 Å². The second-order valence-electron chi connectivity index (χ2n) is 4.60. The molecule has 2 N–H and O–H groups in total. The molecule has 15 heavy (non-hydrogen) atoms. The lowest BCUT2D eigenvalue weighted by Crippen LogP contribution is -2.12. The molecule has 0 aliphatic heterocycles. The van der Waals surface area contributed by atoms with E-state index in [1.807, 2.05) is 26.0 Å². The lowest BCUT2D eigenvalue weighted by atomic mass is 10.0. The van der Waals surface area contributed by atoms with E-state index in [1.165, 1.54) is 18.4 Å². The molecular weight excluding hydrogens is 186 g/mol. The second kappa shape index (κ2) is 4.23. The number of hydrogen-bond donors (Lipinski definition) is 1. The molecule has 0 saturated heterocycles. The Morgan fingerprint density at radius 3 is 2.27 bits per heavy atom. The Bertz CT molecular complexity index is 314. The average Bonchev–Trinajstić information content (AvgIpc) is 3.00. The van der Waals surface area contributed by atoms with Crippen molar-refractivity contribution in [2.45, 2.75) is 38.8 Å². The third-order valence-electron chi connectivity index (χ3n) is 2.77. The van der Waals surface area contributed by atoms with Gasteiger partial charge in [-0.05, 0) is 50.3 Å². The maximum absolute atomic E-state index is 6.11. The topological polar surface area (TPSA) is 35.2 Å². The molecule has 1 aliphatic carbocycles. The van der Waals surface area contributed by atoms with E-state index in [4.69, 9.17) is 10.5 Å². The van der Waals surface area contributed by atoms with Gasteiger partial charge >= 0.3 is 0 Å². The van der Waals surface area contributed by atoms with Crippen LogP contribution in [0.15, 0.2) is 24.3 Å². The lowest BCUT2D eigenvalue weighted by molar-refractivity contribution is 0.242. The van der Waals surface area contributed by atoms with Gasteiger partial charge in [0.2, 0.25) is 0 Å². The van der Waals surface area contributed by atoms with Gasteiger partial charge in [-0.3, -0.25) is 0 Å². The van der Waals surface area contributed by atoms with E-state index in [0.29, 0.717) is 5.92 Å². The number of nitrogens with two attached hydrogens (primary N) is 1. The monoisotopic (exact) mass is 205 g/mol. The Balaban J connectivity index is 2.02. The molecule has 0 heterocycles. The van der Waals surface area contributed by atoms with E-state index < -0.39 is 0 Å². The van der Waals surface area contributed by atoms with E-state index in [1.54, 1.807) is 0 Å². The van der Waals surface area contributed by atoms with Gasteiger partial charge in [-0.25, -0.2) is 0 Å². The highest BCUT2D eigenvalue weighted by Crippen LogP contribution is 2.39. The third-order valence-corrected chi connectivity index (χ3v) is 2.77. The van der Waals surface area contributed by atoms with Crippen molar-refractivity contribution in [1.29, 1.82) is 0 Å². The van der Waals surface area contributed by atoms with Crippen LogP contribution in [-0.2, 0) is 0 Å². The molecule has 1 fully saturated rings. The fourth-order valence-electron chi connectivity index (χ4n) is 1.77. The molecule has 2 heteroatoms. The summed E-state index contributed by atoms with van der Waals surface area (Å²) >= 11 is 0.